The number of halogens is 3. The Balaban J connectivity index is 2.31. The van der Waals surface area contributed by atoms with Gasteiger partial charge in [-0.15, -0.1) is 0 Å². The van der Waals surface area contributed by atoms with E-state index in [1.54, 1.807) is 0 Å². The third kappa shape index (κ3) is 4.22. The molecule has 0 aliphatic rings. The number of nitrogens with zero attached hydrogens (tertiary/aromatic N) is 2. The van der Waals surface area contributed by atoms with Crippen molar-refractivity contribution < 1.29 is 30.5 Å². The molecule has 0 amide bonds. The molecule has 3 rings (SSSR count). The Bertz CT molecular complexity index is 1380. The number of anilines is 1. The maximum atomic E-state index is 14.3. The Morgan fingerprint density at radius 1 is 0.871 bits per heavy atom. The first-order valence-corrected chi connectivity index (χ1v) is 11.5. The van der Waals surface area contributed by atoms with Crippen LogP contribution in [0.2, 0.25) is 5.02 Å². The van der Waals surface area contributed by atoms with Crippen LogP contribution < -0.4 is 3.71 Å². The molecule has 0 atom stereocenters. The quantitative estimate of drug-likeness (QED) is 0.381. The molecule has 162 valence electrons. The minimum Gasteiger partial charge on any atom is -0.258 e. The third-order valence-electron chi connectivity index (χ3n) is 3.99. The van der Waals surface area contributed by atoms with Crippen molar-refractivity contribution in [3.63, 3.8) is 0 Å². The molecule has 0 aliphatic carbocycles. The second-order valence-corrected chi connectivity index (χ2v) is 10.2. The predicted octanol–water partition coefficient (Wildman–Crippen LogP) is 4.11. The van der Waals surface area contributed by atoms with Crippen molar-refractivity contribution in [2.45, 2.75) is 9.79 Å². The SMILES string of the molecule is O=[N+]([O-])c1cc(S(=O)(=O)N(c2ccccc2)S(=O)(=O)c2ccc(F)cc2F)ccc1Cl. The lowest BCUT2D eigenvalue weighted by atomic mass is 10.3. The number of rotatable bonds is 6. The highest BCUT2D eigenvalue weighted by atomic mass is 35.5. The fourth-order valence-electron chi connectivity index (χ4n) is 2.62. The molecule has 0 unspecified atom stereocenters. The number of sulfonamides is 2. The van der Waals surface area contributed by atoms with Gasteiger partial charge in [-0.2, -0.15) is 12.1 Å². The van der Waals surface area contributed by atoms with Gasteiger partial charge in [0.1, 0.15) is 21.6 Å². The molecule has 0 saturated carbocycles. The topological polar surface area (TPSA) is 115 Å². The molecule has 13 heteroatoms. The third-order valence-corrected chi connectivity index (χ3v) is 8.52. The van der Waals surface area contributed by atoms with Crippen LogP contribution in [-0.2, 0) is 20.0 Å². The summed E-state index contributed by atoms with van der Waals surface area (Å²) in [5.41, 5.74) is -1.18. The van der Waals surface area contributed by atoms with Crippen molar-refractivity contribution in [1.82, 2.24) is 0 Å². The summed E-state index contributed by atoms with van der Waals surface area (Å²) < 4.78 is 80.5. The zero-order valence-corrected chi connectivity index (χ0v) is 17.5. The maximum absolute atomic E-state index is 14.3. The largest absolute Gasteiger partial charge is 0.289 e. The average molecular weight is 489 g/mol. The van der Waals surface area contributed by atoms with Gasteiger partial charge < -0.3 is 0 Å². The molecule has 0 spiro atoms. The summed E-state index contributed by atoms with van der Waals surface area (Å²) in [5, 5.41) is 10.8. The van der Waals surface area contributed by atoms with E-state index in [0.717, 1.165) is 24.3 Å². The van der Waals surface area contributed by atoms with Gasteiger partial charge in [-0.25, -0.2) is 17.2 Å². The molecule has 0 bridgehead atoms. The lowest BCUT2D eigenvalue weighted by Gasteiger charge is -2.24. The molecule has 8 nitrogen and oxygen atoms in total. The summed E-state index contributed by atoms with van der Waals surface area (Å²) in [4.78, 5) is 8.32. The monoisotopic (exact) mass is 488 g/mol. The zero-order chi connectivity index (χ0) is 23.0. The smallest absolute Gasteiger partial charge is 0.258 e. The van der Waals surface area contributed by atoms with Crippen LogP contribution in [-0.4, -0.2) is 21.8 Å². The van der Waals surface area contributed by atoms with Gasteiger partial charge in [-0.05, 0) is 36.4 Å². The predicted molar refractivity (Wildman–Crippen MR) is 108 cm³/mol. The minimum atomic E-state index is -5.15. The Morgan fingerprint density at radius 3 is 2.10 bits per heavy atom. The van der Waals surface area contributed by atoms with Crippen LogP contribution in [0.1, 0.15) is 0 Å². The Kier molecular flexibility index (Phi) is 5.98. The number of nitro groups is 1. The second-order valence-electron chi connectivity index (χ2n) is 5.99. The first kappa shape index (κ1) is 22.6. The second kappa shape index (κ2) is 8.21. The summed E-state index contributed by atoms with van der Waals surface area (Å²) in [6, 6.07) is 10.3. The van der Waals surface area contributed by atoms with Crippen molar-refractivity contribution >= 4 is 43.0 Å². The highest BCUT2D eigenvalue weighted by Gasteiger charge is 2.39. The summed E-state index contributed by atoms with van der Waals surface area (Å²) >= 11 is 5.71. The Labute approximate surface area is 180 Å². The lowest BCUT2D eigenvalue weighted by Crippen LogP contribution is -2.37. The van der Waals surface area contributed by atoms with Gasteiger partial charge in [0.25, 0.3) is 25.7 Å². The van der Waals surface area contributed by atoms with E-state index in [4.69, 9.17) is 11.6 Å². The van der Waals surface area contributed by atoms with E-state index in [1.165, 1.54) is 18.2 Å². The standard InChI is InChI=1S/C18H11ClF2N2O6S2/c19-15-8-7-14(11-17(15)22(24)25)30(26,27)23(13-4-2-1-3-5-13)31(28,29)18-9-6-12(20)10-16(18)21/h1-11H. The fourth-order valence-corrected chi connectivity index (χ4v) is 6.55. The molecule has 0 aromatic heterocycles. The first-order chi connectivity index (χ1) is 14.5. The van der Waals surface area contributed by atoms with E-state index in [2.05, 4.69) is 0 Å². The van der Waals surface area contributed by atoms with Gasteiger partial charge in [0, 0.05) is 12.1 Å². The van der Waals surface area contributed by atoms with Crippen LogP contribution in [0.3, 0.4) is 0 Å². The first-order valence-electron chi connectivity index (χ1n) is 8.21. The number of para-hydroxylation sites is 1. The van der Waals surface area contributed by atoms with Crippen molar-refractivity contribution in [3.05, 3.63) is 93.5 Å². The average Bonchev–Trinajstić information content (AvgIpc) is 2.68. The van der Waals surface area contributed by atoms with Crippen LogP contribution in [0, 0.1) is 21.7 Å². The summed E-state index contributed by atoms with van der Waals surface area (Å²) in [5.74, 6) is -2.59. The fraction of sp³-hybridized carbons (Fsp3) is 0. The molecule has 0 fully saturated rings. The normalized spacial score (nSPS) is 11.8. The summed E-state index contributed by atoms with van der Waals surface area (Å²) in [6.45, 7) is 0. The van der Waals surface area contributed by atoms with E-state index in [1.807, 2.05) is 0 Å². The zero-order valence-electron chi connectivity index (χ0n) is 15.1. The number of hydrogen-bond acceptors (Lipinski definition) is 6. The van der Waals surface area contributed by atoms with Gasteiger partial charge in [0.2, 0.25) is 0 Å². The maximum Gasteiger partial charge on any atom is 0.289 e. The molecule has 0 aliphatic heterocycles. The summed E-state index contributed by atoms with van der Waals surface area (Å²) in [6.07, 6.45) is 0. The van der Waals surface area contributed by atoms with Gasteiger partial charge in [-0.3, -0.25) is 10.1 Å². The highest BCUT2D eigenvalue weighted by Crippen LogP contribution is 2.34. The van der Waals surface area contributed by atoms with Crippen LogP contribution in [0.15, 0.2) is 76.5 Å². The molecule has 0 N–H and O–H groups in total. The van der Waals surface area contributed by atoms with E-state index < -0.39 is 57.8 Å². The molecule has 3 aromatic carbocycles. The van der Waals surface area contributed by atoms with Crippen molar-refractivity contribution in [2.24, 2.45) is 0 Å². The van der Waals surface area contributed by atoms with E-state index in [9.17, 15) is 35.7 Å². The molecule has 0 radical (unpaired) electrons. The van der Waals surface area contributed by atoms with E-state index in [-0.39, 0.29) is 14.8 Å². The van der Waals surface area contributed by atoms with E-state index in [0.29, 0.717) is 18.2 Å². The lowest BCUT2D eigenvalue weighted by molar-refractivity contribution is -0.384. The molecule has 0 heterocycles. The van der Waals surface area contributed by atoms with Crippen molar-refractivity contribution in [2.75, 3.05) is 3.71 Å². The van der Waals surface area contributed by atoms with Gasteiger partial charge in [-0.1, -0.05) is 29.8 Å². The highest BCUT2D eigenvalue weighted by molar-refractivity contribution is 8.10. The Morgan fingerprint density at radius 2 is 1.52 bits per heavy atom. The molecular weight excluding hydrogens is 478 g/mol. The van der Waals surface area contributed by atoms with Crippen LogP contribution in [0.5, 0.6) is 0 Å². The number of hydrogen-bond donors (Lipinski definition) is 0. The van der Waals surface area contributed by atoms with Crippen LogP contribution in [0.25, 0.3) is 0 Å². The van der Waals surface area contributed by atoms with Crippen molar-refractivity contribution in [1.29, 1.82) is 0 Å². The van der Waals surface area contributed by atoms with Gasteiger partial charge >= 0.3 is 0 Å². The van der Waals surface area contributed by atoms with Crippen LogP contribution in [0.4, 0.5) is 20.2 Å². The summed E-state index contributed by atoms with van der Waals surface area (Å²) in [7, 11) is -10.2. The number of benzene rings is 3. The molecule has 31 heavy (non-hydrogen) atoms. The van der Waals surface area contributed by atoms with E-state index >= 15 is 0 Å². The van der Waals surface area contributed by atoms with Gasteiger partial charge in [0.15, 0.2) is 0 Å². The number of nitro benzene ring substituents is 1. The minimum absolute atomic E-state index is 0.0801. The van der Waals surface area contributed by atoms with Crippen LogP contribution >= 0.6 is 11.6 Å². The molecular formula is C18H11ClF2N2O6S2. The Hall–Kier alpha value is -3.09. The van der Waals surface area contributed by atoms with Crippen molar-refractivity contribution in [3.8, 4) is 0 Å². The molecule has 0 saturated heterocycles. The van der Waals surface area contributed by atoms with Gasteiger partial charge in [0.05, 0.1) is 15.5 Å². The molecule has 3 aromatic rings.